The molecule has 5 aromatic heterocycles. The molecule has 18 rings (SSSR count). The Morgan fingerprint density at radius 2 is 0.667 bits per heavy atom. The first-order valence-electron chi connectivity index (χ1n) is 26.7. The number of thiophene rings is 1. The number of imidazole rings is 3. The van der Waals surface area contributed by atoms with E-state index >= 15 is 0 Å². The topological polar surface area (TPSA) is 94.0 Å². The highest BCUT2D eigenvalue weighted by atomic mass is 32.1. The zero-order valence-corrected chi connectivity index (χ0v) is 43.9. The minimum Gasteiger partial charge on any atom is -0.453 e. The number of para-hydroxylation sites is 9. The monoisotopic (exact) mass is 1060 g/mol. The molecule has 3 aliphatic heterocycles. The summed E-state index contributed by atoms with van der Waals surface area (Å²) in [5.41, 5.74) is 14.6. The van der Waals surface area contributed by atoms with E-state index in [0.29, 0.717) is 0 Å². The predicted molar refractivity (Wildman–Crippen MR) is 324 cm³/mol. The molecular weight excluding hydrogens is 1020 g/mol. The molecule has 0 N–H and O–H groups in total. The molecule has 0 saturated heterocycles. The number of rotatable bonds is 5. The van der Waals surface area contributed by atoms with Crippen molar-refractivity contribution in [3.63, 3.8) is 0 Å². The van der Waals surface area contributed by atoms with Gasteiger partial charge in [-0.3, -0.25) is 18.7 Å². The molecule has 15 aromatic rings. The summed E-state index contributed by atoms with van der Waals surface area (Å²) in [7, 11) is 0. The standard InChI is InChI=1S/C29H18N2OS.C23H14N2O.C18H11N3O/c1-2-7-19(8-3-1)26-17-18-27(33-26)20-13-15-21(16-14-20)29-30-22-9-6-12-25-28(22)31(29)23-10-4-5-11-24(23)32-25;1-2-7-16-14-17(13-12-15(16)6-1)23-24-18-8-5-11-21-22(18)25(23)19-9-3-4-10-20(19)26-21;1-2-6-15-14(5-1)21-17-13(4-3-7-16(17)22-15)20-18(21)12-8-10-19-11-9-12/h1-18H;1-14H;1-11H. The summed E-state index contributed by atoms with van der Waals surface area (Å²) >= 11 is 1.82. The Balaban J connectivity index is 0.000000103. The second kappa shape index (κ2) is 18.9. The molecular formula is C70H43N7O3S. The van der Waals surface area contributed by atoms with E-state index < -0.39 is 0 Å². The van der Waals surface area contributed by atoms with Crippen LogP contribution in [0.3, 0.4) is 0 Å². The Hall–Kier alpha value is -10.9. The third-order valence-corrected chi connectivity index (χ3v) is 16.1. The minimum atomic E-state index is 0.837. The molecule has 10 nitrogen and oxygen atoms in total. The number of pyridine rings is 1. The molecule has 0 spiro atoms. The third-order valence-electron chi connectivity index (χ3n) is 14.9. The smallest absolute Gasteiger partial charge is 0.153 e. The van der Waals surface area contributed by atoms with E-state index in [-0.39, 0.29) is 0 Å². The fraction of sp³-hybridized carbons (Fsp3) is 0. The van der Waals surface area contributed by atoms with Gasteiger partial charge in [-0.1, -0.05) is 146 Å². The zero-order chi connectivity index (χ0) is 53.4. The first kappa shape index (κ1) is 46.2. The van der Waals surface area contributed by atoms with Crippen molar-refractivity contribution in [1.29, 1.82) is 0 Å². The Morgan fingerprint density at radius 1 is 0.284 bits per heavy atom. The van der Waals surface area contributed by atoms with Gasteiger partial charge in [-0.15, -0.1) is 11.3 Å². The molecule has 0 amide bonds. The van der Waals surface area contributed by atoms with Gasteiger partial charge in [0.1, 0.15) is 34.0 Å². The van der Waals surface area contributed by atoms with Gasteiger partial charge in [0, 0.05) is 38.8 Å². The fourth-order valence-electron chi connectivity index (χ4n) is 11.2. The lowest BCUT2D eigenvalue weighted by atomic mass is 10.1. The van der Waals surface area contributed by atoms with Crippen molar-refractivity contribution in [2.45, 2.75) is 0 Å². The molecule has 8 heterocycles. The molecule has 11 heteroatoms. The SMILES string of the molecule is c1ccc(-c2ccc(-c3ccc(-c4nc5cccc6c5n4-c4ccccc4O6)cc3)s2)cc1.c1ccc2c(c1)Oc1cccc3nc(-c4ccc5ccccc5c4)n-2c13.c1ccc2c(c1)Oc1cccc3nc(-c4ccncc4)n-2c13. The molecule has 81 heavy (non-hydrogen) atoms. The van der Waals surface area contributed by atoms with E-state index in [4.69, 9.17) is 29.2 Å². The van der Waals surface area contributed by atoms with Gasteiger partial charge in [-0.25, -0.2) is 15.0 Å². The summed E-state index contributed by atoms with van der Waals surface area (Å²) in [6.07, 6.45) is 3.57. The van der Waals surface area contributed by atoms with E-state index in [9.17, 15) is 0 Å². The lowest BCUT2D eigenvalue weighted by Gasteiger charge is -2.20. The number of benzene rings is 10. The summed E-state index contributed by atoms with van der Waals surface area (Å²) in [6, 6.07) is 84.8. The van der Waals surface area contributed by atoms with Gasteiger partial charge in [0.05, 0.1) is 33.6 Å². The van der Waals surface area contributed by atoms with Crippen molar-refractivity contribution in [3.8, 4) is 107 Å². The summed E-state index contributed by atoms with van der Waals surface area (Å²) in [6.45, 7) is 0. The van der Waals surface area contributed by atoms with Crippen molar-refractivity contribution < 1.29 is 14.2 Å². The van der Waals surface area contributed by atoms with E-state index in [1.807, 2.05) is 133 Å². The van der Waals surface area contributed by atoms with Crippen LogP contribution in [0.15, 0.2) is 261 Å². The van der Waals surface area contributed by atoms with Crippen molar-refractivity contribution in [3.05, 3.63) is 261 Å². The number of nitrogens with zero attached hydrogens (tertiary/aromatic N) is 7. The number of fused-ring (bicyclic) bond motifs is 7. The van der Waals surface area contributed by atoms with E-state index in [1.54, 1.807) is 12.4 Å². The van der Waals surface area contributed by atoms with E-state index in [1.165, 1.54) is 31.7 Å². The van der Waals surface area contributed by atoms with Crippen LogP contribution < -0.4 is 14.2 Å². The summed E-state index contributed by atoms with van der Waals surface area (Å²) in [4.78, 5) is 21.4. The van der Waals surface area contributed by atoms with Crippen LogP contribution in [0.2, 0.25) is 0 Å². The van der Waals surface area contributed by atoms with Crippen LogP contribution in [0.4, 0.5) is 0 Å². The van der Waals surface area contributed by atoms with Gasteiger partial charge in [0.25, 0.3) is 0 Å². The normalized spacial score (nSPS) is 12.0. The highest BCUT2D eigenvalue weighted by molar-refractivity contribution is 7.18. The van der Waals surface area contributed by atoms with Crippen molar-refractivity contribution >= 4 is 55.2 Å². The van der Waals surface area contributed by atoms with Crippen molar-refractivity contribution in [1.82, 2.24) is 33.6 Å². The number of hydrogen-bond acceptors (Lipinski definition) is 8. The quantitative estimate of drug-likeness (QED) is 0.169. The van der Waals surface area contributed by atoms with Crippen LogP contribution in [-0.2, 0) is 0 Å². The number of ether oxygens (including phenoxy) is 3. The maximum atomic E-state index is 6.15. The van der Waals surface area contributed by atoms with Gasteiger partial charge in [-0.05, 0) is 125 Å². The summed E-state index contributed by atoms with van der Waals surface area (Å²) in [5.74, 6) is 7.84. The molecule has 0 aliphatic carbocycles. The van der Waals surface area contributed by atoms with E-state index in [2.05, 4.69) is 146 Å². The predicted octanol–water partition coefficient (Wildman–Crippen LogP) is 18.3. The molecule has 0 saturated carbocycles. The Labute approximate surface area is 468 Å². The third kappa shape index (κ3) is 7.85. The second-order valence-corrected chi connectivity index (χ2v) is 20.9. The fourth-order valence-corrected chi connectivity index (χ4v) is 12.2. The maximum absolute atomic E-state index is 6.15. The first-order valence-corrected chi connectivity index (χ1v) is 27.5. The van der Waals surface area contributed by atoms with E-state index in [0.717, 1.165) is 119 Å². The molecule has 0 fully saturated rings. The molecule has 382 valence electrons. The highest BCUT2D eigenvalue weighted by Crippen LogP contribution is 2.47. The molecule has 0 bridgehead atoms. The average Bonchev–Trinajstić information content (AvgIpc) is 4.51. The van der Waals surface area contributed by atoms with Gasteiger partial charge >= 0.3 is 0 Å². The second-order valence-electron chi connectivity index (χ2n) is 19.8. The summed E-state index contributed by atoms with van der Waals surface area (Å²) in [5, 5.41) is 2.45. The highest BCUT2D eigenvalue weighted by Gasteiger charge is 2.28. The van der Waals surface area contributed by atoms with Gasteiger partial charge in [-0.2, -0.15) is 0 Å². The lowest BCUT2D eigenvalue weighted by molar-refractivity contribution is 0.475. The summed E-state index contributed by atoms with van der Waals surface area (Å²) < 4.78 is 24.9. The number of aromatic nitrogens is 7. The van der Waals surface area contributed by atoms with Crippen molar-refractivity contribution in [2.24, 2.45) is 0 Å². The Bertz CT molecular complexity index is 4930. The van der Waals surface area contributed by atoms with Crippen LogP contribution in [0.1, 0.15) is 0 Å². The zero-order valence-electron chi connectivity index (χ0n) is 43.1. The van der Waals surface area contributed by atoms with Crippen molar-refractivity contribution in [2.75, 3.05) is 0 Å². The van der Waals surface area contributed by atoms with Gasteiger partial charge in [0.15, 0.2) is 34.5 Å². The van der Waals surface area contributed by atoms with Crippen LogP contribution >= 0.6 is 11.3 Å². The largest absolute Gasteiger partial charge is 0.453 e. The molecule has 0 unspecified atom stereocenters. The number of hydrogen-bond donors (Lipinski definition) is 0. The molecule has 0 atom stereocenters. The maximum Gasteiger partial charge on any atom is 0.153 e. The molecule has 10 aromatic carbocycles. The van der Waals surface area contributed by atoms with Gasteiger partial charge < -0.3 is 14.2 Å². The van der Waals surface area contributed by atoms with Crippen LogP contribution in [0.25, 0.3) is 116 Å². The van der Waals surface area contributed by atoms with Crippen LogP contribution in [-0.4, -0.2) is 33.6 Å². The van der Waals surface area contributed by atoms with Crippen LogP contribution in [0, 0.1) is 0 Å². The molecule has 0 radical (unpaired) electrons. The Morgan fingerprint density at radius 3 is 1.17 bits per heavy atom. The van der Waals surface area contributed by atoms with Gasteiger partial charge in [0.2, 0.25) is 0 Å². The average molecular weight is 1060 g/mol. The lowest BCUT2D eigenvalue weighted by Crippen LogP contribution is -2.05. The minimum absolute atomic E-state index is 0.837. The first-order chi connectivity index (χ1) is 40.1. The molecule has 3 aliphatic rings. The van der Waals surface area contributed by atoms with Crippen LogP contribution in [0.5, 0.6) is 34.5 Å². The Kier molecular flexibility index (Phi) is 10.8.